The van der Waals surface area contributed by atoms with Crippen LogP contribution in [0.1, 0.15) is 30.8 Å². The second-order valence-corrected chi connectivity index (χ2v) is 5.99. The molecule has 0 saturated heterocycles. The first-order valence-corrected chi connectivity index (χ1v) is 8.19. The van der Waals surface area contributed by atoms with E-state index in [4.69, 9.17) is 0 Å². The fourth-order valence-corrected chi connectivity index (χ4v) is 2.89. The highest BCUT2D eigenvalue weighted by atomic mass is 16.3. The lowest BCUT2D eigenvalue weighted by Gasteiger charge is -2.10. The van der Waals surface area contributed by atoms with Gasteiger partial charge in [-0.05, 0) is 42.7 Å². The van der Waals surface area contributed by atoms with Crippen LogP contribution in [-0.2, 0) is 24.1 Å². The number of aliphatic hydroxyl groups excluding tert-OH is 1. The summed E-state index contributed by atoms with van der Waals surface area (Å²) in [5.41, 5.74) is 4.57. The van der Waals surface area contributed by atoms with Gasteiger partial charge in [0.1, 0.15) is 17.6 Å². The average Bonchev–Trinajstić information content (AvgIpc) is 2.93. The van der Waals surface area contributed by atoms with Crippen LogP contribution in [0.15, 0.2) is 36.5 Å². The van der Waals surface area contributed by atoms with Crippen LogP contribution in [0.4, 0.5) is 0 Å². The van der Waals surface area contributed by atoms with Gasteiger partial charge in [-0.3, -0.25) is 4.57 Å². The molecule has 2 heterocycles. The van der Waals surface area contributed by atoms with E-state index in [-0.39, 0.29) is 6.10 Å². The van der Waals surface area contributed by atoms with Crippen LogP contribution in [0.25, 0.3) is 16.9 Å². The van der Waals surface area contributed by atoms with Crippen LogP contribution < -0.4 is 0 Å². The fraction of sp³-hybridized carbons (Fsp3) is 0.316. The lowest BCUT2D eigenvalue weighted by Crippen LogP contribution is -2.05. The van der Waals surface area contributed by atoms with Gasteiger partial charge in [0, 0.05) is 24.7 Å². The van der Waals surface area contributed by atoms with Crippen molar-refractivity contribution in [1.29, 1.82) is 0 Å². The van der Waals surface area contributed by atoms with E-state index in [1.807, 2.05) is 34.9 Å². The van der Waals surface area contributed by atoms with Crippen molar-refractivity contribution in [2.24, 2.45) is 0 Å². The number of nitrogens with zero attached hydrogens (tertiary/aromatic N) is 3. The summed E-state index contributed by atoms with van der Waals surface area (Å²) >= 11 is 0. The van der Waals surface area contributed by atoms with Crippen molar-refractivity contribution < 1.29 is 9.90 Å². The number of fused-ring (bicyclic) bond motifs is 1. The number of imidazole rings is 1. The highest BCUT2D eigenvalue weighted by Gasteiger charge is 2.13. The highest BCUT2D eigenvalue weighted by Crippen LogP contribution is 2.22. The molecule has 0 aliphatic heterocycles. The number of aromatic nitrogens is 3. The van der Waals surface area contributed by atoms with E-state index in [0.717, 1.165) is 46.5 Å². The predicted octanol–water partition coefficient (Wildman–Crippen LogP) is 2.65. The largest absolute Gasteiger partial charge is 0.393 e. The lowest BCUT2D eigenvalue weighted by atomic mass is 10.1. The summed E-state index contributed by atoms with van der Waals surface area (Å²) in [5, 5.41) is 9.50. The number of rotatable bonds is 6. The molecular weight excluding hydrogens is 302 g/mol. The van der Waals surface area contributed by atoms with Crippen molar-refractivity contribution >= 4 is 17.5 Å². The maximum Gasteiger partial charge on any atom is 0.164 e. The normalized spacial score (nSPS) is 12.5. The van der Waals surface area contributed by atoms with E-state index >= 15 is 0 Å². The molecule has 0 aliphatic rings. The third-order valence-electron chi connectivity index (χ3n) is 3.98. The molecule has 0 fully saturated rings. The van der Waals surface area contributed by atoms with Gasteiger partial charge in [-0.2, -0.15) is 0 Å². The van der Waals surface area contributed by atoms with Crippen LogP contribution in [0.5, 0.6) is 0 Å². The van der Waals surface area contributed by atoms with Crippen molar-refractivity contribution in [1.82, 2.24) is 14.5 Å². The molecule has 1 atom stereocenters. The summed E-state index contributed by atoms with van der Waals surface area (Å²) in [6, 6.07) is 10.0. The lowest BCUT2D eigenvalue weighted by molar-refractivity contribution is -0.107. The monoisotopic (exact) mass is 323 g/mol. The fourth-order valence-electron chi connectivity index (χ4n) is 2.89. The zero-order chi connectivity index (χ0) is 17.1. The molecule has 5 heteroatoms. The molecule has 1 N–H and O–H groups in total. The summed E-state index contributed by atoms with van der Waals surface area (Å²) in [4.78, 5) is 19.9. The first-order valence-electron chi connectivity index (χ1n) is 8.19. The minimum absolute atomic E-state index is 0.352. The zero-order valence-corrected chi connectivity index (χ0v) is 13.9. The molecule has 3 rings (SSSR count). The Balaban J connectivity index is 2.05. The van der Waals surface area contributed by atoms with Gasteiger partial charge in [0.05, 0.1) is 6.10 Å². The Bertz CT molecular complexity index is 851. The quantitative estimate of drug-likeness (QED) is 0.708. The average molecular weight is 323 g/mol. The van der Waals surface area contributed by atoms with Gasteiger partial charge in [0.25, 0.3) is 0 Å². The molecule has 24 heavy (non-hydrogen) atoms. The Hall–Kier alpha value is -2.53. The first-order chi connectivity index (χ1) is 11.6. The summed E-state index contributed by atoms with van der Waals surface area (Å²) in [7, 11) is 0. The van der Waals surface area contributed by atoms with Gasteiger partial charge in [0.15, 0.2) is 5.65 Å². The molecular formula is C19H21N3O2. The summed E-state index contributed by atoms with van der Waals surface area (Å²) in [5.74, 6) is 0.934. The van der Waals surface area contributed by atoms with Crippen molar-refractivity contribution in [2.45, 2.75) is 39.2 Å². The topological polar surface area (TPSA) is 68.0 Å². The van der Waals surface area contributed by atoms with E-state index in [1.54, 1.807) is 13.1 Å². The molecule has 124 valence electrons. The predicted molar refractivity (Wildman–Crippen MR) is 93.4 cm³/mol. The molecule has 0 aliphatic carbocycles. The maximum atomic E-state index is 10.7. The number of aldehydes is 1. The van der Waals surface area contributed by atoms with E-state index in [9.17, 15) is 9.90 Å². The molecule has 0 bridgehead atoms. The number of hydrogen-bond acceptors (Lipinski definition) is 4. The van der Waals surface area contributed by atoms with Crippen molar-refractivity contribution in [3.05, 3.63) is 53.5 Å². The summed E-state index contributed by atoms with van der Waals surface area (Å²) in [6.07, 6.45) is 4.03. The molecule has 1 aromatic carbocycles. The van der Waals surface area contributed by atoms with Crippen molar-refractivity contribution in [3.8, 4) is 5.69 Å². The van der Waals surface area contributed by atoms with Gasteiger partial charge in [0.2, 0.25) is 0 Å². The summed E-state index contributed by atoms with van der Waals surface area (Å²) < 4.78 is 2.05. The van der Waals surface area contributed by atoms with E-state index in [1.165, 1.54) is 0 Å². The number of carbonyl (C=O) groups is 1. The first kappa shape index (κ1) is 16.3. The SMILES string of the molecule is CCc1nc2cc(CC=O)cnc2n1-c1ccc(CC(C)O)cc1. The van der Waals surface area contributed by atoms with Crippen LogP contribution in [-0.4, -0.2) is 32.0 Å². The smallest absolute Gasteiger partial charge is 0.164 e. The number of benzene rings is 1. The third-order valence-corrected chi connectivity index (χ3v) is 3.98. The molecule has 1 unspecified atom stereocenters. The number of hydrogen-bond donors (Lipinski definition) is 1. The van der Waals surface area contributed by atoms with Gasteiger partial charge in [-0.25, -0.2) is 9.97 Å². The number of aliphatic hydroxyl groups is 1. The molecule has 2 aromatic heterocycles. The number of aryl methyl sites for hydroxylation is 1. The highest BCUT2D eigenvalue weighted by molar-refractivity contribution is 5.75. The van der Waals surface area contributed by atoms with Crippen LogP contribution in [0.2, 0.25) is 0 Å². The Morgan fingerprint density at radius 1 is 1.25 bits per heavy atom. The van der Waals surface area contributed by atoms with E-state index in [0.29, 0.717) is 12.8 Å². The minimum Gasteiger partial charge on any atom is -0.393 e. The Morgan fingerprint density at radius 2 is 2.00 bits per heavy atom. The Kier molecular flexibility index (Phi) is 4.71. The van der Waals surface area contributed by atoms with Gasteiger partial charge in [-0.15, -0.1) is 0 Å². The molecule has 3 aromatic rings. The third kappa shape index (κ3) is 3.21. The molecule has 0 amide bonds. The van der Waals surface area contributed by atoms with Crippen molar-refractivity contribution in [3.63, 3.8) is 0 Å². The Labute approximate surface area is 141 Å². The molecule has 0 spiro atoms. The number of pyridine rings is 1. The minimum atomic E-state index is -0.353. The standard InChI is InChI=1S/C19H21N3O2/c1-3-18-21-17-11-15(8-9-23)12-20-19(17)22(18)16-6-4-14(5-7-16)10-13(2)24/h4-7,9,11-13,24H,3,8,10H2,1-2H3. The number of carbonyl (C=O) groups excluding carboxylic acids is 1. The van der Waals surface area contributed by atoms with Crippen molar-refractivity contribution in [2.75, 3.05) is 0 Å². The molecule has 5 nitrogen and oxygen atoms in total. The maximum absolute atomic E-state index is 10.7. The second-order valence-electron chi connectivity index (χ2n) is 5.99. The van der Waals surface area contributed by atoms with Crippen LogP contribution in [0.3, 0.4) is 0 Å². The van der Waals surface area contributed by atoms with E-state index in [2.05, 4.69) is 16.9 Å². The zero-order valence-electron chi connectivity index (χ0n) is 13.9. The van der Waals surface area contributed by atoms with E-state index < -0.39 is 0 Å². The van der Waals surface area contributed by atoms with Gasteiger partial charge >= 0.3 is 0 Å². The van der Waals surface area contributed by atoms with Gasteiger partial charge < -0.3 is 9.90 Å². The Morgan fingerprint density at radius 3 is 2.62 bits per heavy atom. The molecule has 0 radical (unpaired) electrons. The molecule has 0 saturated carbocycles. The second kappa shape index (κ2) is 6.93. The summed E-state index contributed by atoms with van der Waals surface area (Å²) in [6.45, 7) is 3.85. The van der Waals surface area contributed by atoms with Crippen LogP contribution in [0, 0.1) is 0 Å². The van der Waals surface area contributed by atoms with Crippen LogP contribution >= 0.6 is 0 Å². The van der Waals surface area contributed by atoms with Gasteiger partial charge in [-0.1, -0.05) is 19.1 Å².